The Labute approximate surface area is 189 Å². The third-order valence-electron chi connectivity index (χ3n) is 5.37. The fraction of sp³-hybridized carbons (Fsp3) is 0.417. The molecule has 2 aromatic rings. The Morgan fingerprint density at radius 3 is 2.48 bits per heavy atom. The second-order valence-corrected chi connectivity index (χ2v) is 8.35. The third-order valence-corrected chi connectivity index (χ3v) is 5.68. The molecule has 0 bridgehead atoms. The summed E-state index contributed by atoms with van der Waals surface area (Å²) in [6, 6.07) is 12.8. The quantitative estimate of drug-likeness (QED) is 0.482. The number of anilines is 2. The fourth-order valence-electron chi connectivity index (χ4n) is 3.79. The van der Waals surface area contributed by atoms with E-state index in [1.165, 1.54) is 39.3 Å². The molecular weight excluding hydrogens is 412 g/mol. The average molecular weight is 443 g/mol. The highest BCUT2D eigenvalue weighted by Crippen LogP contribution is 2.30. The van der Waals surface area contributed by atoms with Gasteiger partial charge >= 0.3 is 6.03 Å². The van der Waals surface area contributed by atoms with Gasteiger partial charge in [-0.05, 0) is 80.7 Å². The second-order valence-electron chi connectivity index (χ2n) is 7.95. The number of carbonyl (C=O) groups excluding carboxylic acids is 2. The normalized spacial score (nSPS) is 14.1. The van der Waals surface area contributed by atoms with Gasteiger partial charge in [-0.25, -0.2) is 4.79 Å². The van der Waals surface area contributed by atoms with Crippen LogP contribution in [0.4, 0.5) is 16.2 Å². The summed E-state index contributed by atoms with van der Waals surface area (Å²) in [5, 5.41) is 8.95. The minimum Gasteiger partial charge on any atom is -0.338 e. The van der Waals surface area contributed by atoms with Crippen molar-refractivity contribution in [1.29, 1.82) is 0 Å². The van der Waals surface area contributed by atoms with Gasteiger partial charge in [-0.2, -0.15) is 0 Å². The smallest absolute Gasteiger partial charge is 0.319 e. The van der Waals surface area contributed by atoms with E-state index in [0.717, 1.165) is 36.2 Å². The molecule has 0 saturated carbocycles. The molecule has 3 rings (SSSR count). The van der Waals surface area contributed by atoms with Gasteiger partial charge in [0.25, 0.3) is 0 Å². The first kappa shape index (κ1) is 23.1. The van der Waals surface area contributed by atoms with Crippen LogP contribution in [0.5, 0.6) is 0 Å². The molecule has 0 atom stereocenters. The van der Waals surface area contributed by atoms with Crippen molar-refractivity contribution in [3.8, 4) is 11.1 Å². The number of halogens is 1. The Morgan fingerprint density at radius 2 is 1.74 bits per heavy atom. The van der Waals surface area contributed by atoms with Crippen LogP contribution in [0.2, 0.25) is 5.02 Å². The molecule has 0 aromatic heterocycles. The van der Waals surface area contributed by atoms with E-state index in [-0.39, 0.29) is 11.9 Å². The molecule has 3 amide bonds. The standard InChI is InChI=1S/C24H31ClN4O2/c1-18(30)27-21-9-7-8-19(16-21)20-10-11-23(22(25)17-20)28-24(31)26-12-3-6-15-29-13-4-2-5-14-29/h7-11,16-17H,2-6,12-15H2,1H3,(H,27,30)(H2,26,28,31). The molecule has 1 heterocycles. The van der Waals surface area contributed by atoms with Crippen LogP contribution >= 0.6 is 11.6 Å². The molecule has 31 heavy (non-hydrogen) atoms. The van der Waals surface area contributed by atoms with Crippen LogP contribution in [0.25, 0.3) is 11.1 Å². The summed E-state index contributed by atoms with van der Waals surface area (Å²) in [5.74, 6) is -0.118. The highest BCUT2D eigenvalue weighted by Gasteiger charge is 2.10. The number of likely N-dealkylation sites (tertiary alicyclic amines) is 1. The number of urea groups is 1. The van der Waals surface area contributed by atoms with E-state index < -0.39 is 0 Å². The van der Waals surface area contributed by atoms with Crippen LogP contribution in [0, 0.1) is 0 Å². The third kappa shape index (κ3) is 7.56. The van der Waals surface area contributed by atoms with Gasteiger partial charge < -0.3 is 20.9 Å². The Hall–Kier alpha value is -2.57. The summed E-state index contributed by atoms with van der Waals surface area (Å²) in [5.41, 5.74) is 3.12. The lowest BCUT2D eigenvalue weighted by Gasteiger charge is -2.26. The number of benzene rings is 2. The van der Waals surface area contributed by atoms with Crippen molar-refractivity contribution in [1.82, 2.24) is 10.2 Å². The van der Waals surface area contributed by atoms with Crippen molar-refractivity contribution in [2.75, 3.05) is 36.8 Å². The van der Waals surface area contributed by atoms with E-state index in [2.05, 4.69) is 20.9 Å². The van der Waals surface area contributed by atoms with Crippen LogP contribution in [0.1, 0.15) is 39.0 Å². The summed E-state index contributed by atoms with van der Waals surface area (Å²) in [6.45, 7) is 5.65. The molecule has 2 aromatic carbocycles. The Bertz CT molecular complexity index is 897. The van der Waals surface area contributed by atoms with Gasteiger partial charge in [0.15, 0.2) is 0 Å². The lowest BCUT2D eigenvalue weighted by Crippen LogP contribution is -2.32. The molecule has 0 unspecified atom stereocenters. The van der Waals surface area contributed by atoms with Gasteiger partial charge in [-0.15, -0.1) is 0 Å². The molecule has 0 aliphatic carbocycles. The lowest BCUT2D eigenvalue weighted by molar-refractivity contribution is -0.114. The second kappa shape index (κ2) is 11.7. The number of nitrogens with zero attached hydrogens (tertiary/aromatic N) is 1. The molecule has 1 saturated heterocycles. The zero-order chi connectivity index (χ0) is 22.1. The molecule has 1 fully saturated rings. The van der Waals surface area contributed by atoms with Gasteiger partial charge in [-0.3, -0.25) is 4.79 Å². The molecule has 7 heteroatoms. The van der Waals surface area contributed by atoms with E-state index in [9.17, 15) is 9.59 Å². The van der Waals surface area contributed by atoms with Crippen molar-refractivity contribution in [2.24, 2.45) is 0 Å². The highest BCUT2D eigenvalue weighted by molar-refractivity contribution is 6.34. The maximum Gasteiger partial charge on any atom is 0.319 e. The lowest BCUT2D eigenvalue weighted by atomic mass is 10.0. The number of nitrogens with one attached hydrogen (secondary N) is 3. The van der Waals surface area contributed by atoms with Gasteiger partial charge in [0, 0.05) is 19.2 Å². The summed E-state index contributed by atoms with van der Waals surface area (Å²) < 4.78 is 0. The minimum absolute atomic E-state index is 0.118. The first-order valence-electron chi connectivity index (χ1n) is 11.0. The summed E-state index contributed by atoms with van der Waals surface area (Å²) >= 11 is 6.40. The predicted molar refractivity (Wildman–Crippen MR) is 128 cm³/mol. The summed E-state index contributed by atoms with van der Waals surface area (Å²) in [7, 11) is 0. The van der Waals surface area contributed by atoms with Crippen LogP contribution < -0.4 is 16.0 Å². The van der Waals surface area contributed by atoms with Crippen molar-refractivity contribution in [2.45, 2.75) is 39.0 Å². The Kier molecular flexibility index (Phi) is 8.74. The van der Waals surface area contributed by atoms with Crippen molar-refractivity contribution in [3.63, 3.8) is 0 Å². The first-order chi connectivity index (χ1) is 15.0. The topological polar surface area (TPSA) is 73.5 Å². The van der Waals surface area contributed by atoms with Gasteiger partial charge in [0.2, 0.25) is 5.91 Å². The summed E-state index contributed by atoms with van der Waals surface area (Å²) in [4.78, 5) is 26.0. The van der Waals surface area contributed by atoms with Gasteiger partial charge in [-0.1, -0.05) is 36.2 Å². The summed E-state index contributed by atoms with van der Waals surface area (Å²) in [6.07, 6.45) is 6.02. The first-order valence-corrected chi connectivity index (χ1v) is 11.3. The largest absolute Gasteiger partial charge is 0.338 e. The predicted octanol–water partition coefficient (Wildman–Crippen LogP) is 5.35. The molecule has 1 aliphatic heterocycles. The molecule has 0 radical (unpaired) electrons. The molecular formula is C24H31ClN4O2. The number of piperidine rings is 1. The average Bonchev–Trinajstić information content (AvgIpc) is 2.75. The van der Waals surface area contributed by atoms with Crippen LogP contribution in [-0.2, 0) is 4.79 Å². The molecule has 0 spiro atoms. The maximum atomic E-state index is 12.2. The zero-order valence-electron chi connectivity index (χ0n) is 18.0. The monoisotopic (exact) mass is 442 g/mol. The zero-order valence-corrected chi connectivity index (χ0v) is 18.8. The van der Waals surface area contributed by atoms with Crippen LogP contribution in [-0.4, -0.2) is 43.0 Å². The highest BCUT2D eigenvalue weighted by atomic mass is 35.5. The number of hydrogen-bond donors (Lipinski definition) is 3. The van der Waals surface area contributed by atoms with E-state index >= 15 is 0 Å². The van der Waals surface area contributed by atoms with Gasteiger partial charge in [0.05, 0.1) is 10.7 Å². The van der Waals surface area contributed by atoms with Crippen LogP contribution in [0.3, 0.4) is 0 Å². The van der Waals surface area contributed by atoms with E-state index in [1.54, 1.807) is 6.07 Å². The molecule has 1 aliphatic rings. The van der Waals surface area contributed by atoms with Gasteiger partial charge in [0.1, 0.15) is 0 Å². The van der Waals surface area contributed by atoms with E-state index in [1.807, 2.05) is 36.4 Å². The SMILES string of the molecule is CC(=O)Nc1cccc(-c2ccc(NC(=O)NCCCCN3CCCCC3)c(Cl)c2)c1. The number of amides is 3. The van der Waals surface area contributed by atoms with E-state index in [4.69, 9.17) is 11.6 Å². The van der Waals surface area contributed by atoms with E-state index in [0.29, 0.717) is 17.3 Å². The van der Waals surface area contributed by atoms with Crippen molar-refractivity contribution in [3.05, 3.63) is 47.5 Å². The minimum atomic E-state index is -0.250. The Balaban J connectivity index is 1.46. The van der Waals surface area contributed by atoms with Crippen molar-refractivity contribution >= 4 is 34.9 Å². The number of rotatable bonds is 8. The molecule has 3 N–H and O–H groups in total. The maximum absolute atomic E-state index is 12.2. The fourth-order valence-corrected chi connectivity index (χ4v) is 4.02. The van der Waals surface area contributed by atoms with Crippen LogP contribution in [0.15, 0.2) is 42.5 Å². The number of unbranched alkanes of at least 4 members (excludes halogenated alkanes) is 1. The number of carbonyl (C=O) groups is 2. The molecule has 166 valence electrons. The number of hydrogen-bond acceptors (Lipinski definition) is 3. The Morgan fingerprint density at radius 1 is 0.968 bits per heavy atom. The van der Waals surface area contributed by atoms with Crippen molar-refractivity contribution < 1.29 is 9.59 Å². The molecule has 6 nitrogen and oxygen atoms in total.